The predicted octanol–water partition coefficient (Wildman–Crippen LogP) is 1.80. The van der Waals surface area contributed by atoms with Crippen molar-refractivity contribution >= 4 is 5.91 Å². The second-order valence-electron chi connectivity index (χ2n) is 4.83. The van der Waals surface area contributed by atoms with Crippen LogP contribution in [0.25, 0.3) is 0 Å². The maximum absolute atomic E-state index is 11.4. The molecule has 1 aliphatic rings. The molecule has 3 nitrogen and oxygen atoms in total. The van der Waals surface area contributed by atoms with Crippen LogP contribution in [0.4, 0.5) is 0 Å². The standard InChI is InChI=1S/C14H20N2O/c1-10-4-5-13(11(2)8-10)14-9-16(12(3)17)7-6-15-14/h4-5,8,14-15H,6-7,9H2,1-3H3. The first-order valence-electron chi connectivity index (χ1n) is 6.14. The van der Waals surface area contributed by atoms with Crippen LogP contribution in [-0.2, 0) is 4.79 Å². The van der Waals surface area contributed by atoms with Gasteiger partial charge >= 0.3 is 0 Å². The Labute approximate surface area is 103 Å². The quantitative estimate of drug-likeness (QED) is 0.800. The number of hydrogen-bond donors (Lipinski definition) is 1. The molecule has 0 aromatic heterocycles. The number of hydrogen-bond acceptors (Lipinski definition) is 2. The molecule has 1 heterocycles. The molecule has 1 aromatic rings. The first-order chi connectivity index (χ1) is 8.08. The minimum atomic E-state index is 0.168. The van der Waals surface area contributed by atoms with Crippen molar-refractivity contribution in [3.05, 3.63) is 34.9 Å². The van der Waals surface area contributed by atoms with Crippen LogP contribution in [0, 0.1) is 13.8 Å². The highest BCUT2D eigenvalue weighted by Crippen LogP contribution is 2.21. The maximum atomic E-state index is 11.4. The van der Waals surface area contributed by atoms with Crippen molar-refractivity contribution in [2.75, 3.05) is 19.6 Å². The monoisotopic (exact) mass is 232 g/mol. The van der Waals surface area contributed by atoms with Crippen molar-refractivity contribution in [2.24, 2.45) is 0 Å². The smallest absolute Gasteiger partial charge is 0.219 e. The molecule has 92 valence electrons. The van der Waals surface area contributed by atoms with Crippen LogP contribution >= 0.6 is 0 Å². The van der Waals surface area contributed by atoms with E-state index in [0.29, 0.717) is 0 Å². The van der Waals surface area contributed by atoms with Crippen molar-refractivity contribution < 1.29 is 4.79 Å². The van der Waals surface area contributed by atoms with E-state index >= 15 is 0 Å². The van der Waals surface area contributed by atoms with E-state index in [1.54, 1.807) is 6.92 Å². The molecule has 3 heteroatoms. The summed E-state index contributed by atoms with van der Waals surface area (Å²) in [6.07, 6.45) is 0. The van der Waals surface area contributed by atoms with Crippen LogP contribution in [0.3, 0.4) is 0 Å². The summed E-state index contributed by atoms with van der Waals surface area (Å²) in [4.78, 5) is 13.3. The Morgan fingerprint density at radius 2 is 2.18 bits per heavy atom. The lowest BCUT2D eigenvalue weighted by Crippen LogP contribution is -2.47. The summed E-state index contributed by atoms with van der Waals surface area (Å²) < 4.78 is 0. The molecular formula is C14H20N2O. The van der Waals surface area contributed by atoms with Crippen molar-refractivity contribution in [3.8, 4) is 0 Å². The molecule has 0 radical (unpaired) electrons. The lowest BCUT2D eigenvalue weighted by atomic mass is 9.97. The fourth-order valence-electron chi connectivity index (χ4n) is 2.46. The summed E-state index contributed by atoms with van der Waals surface area (Å²) in [7, 11) is 0. The maximum Gasteiger partial charge on any atom is 0.219 e. The summed E-state index contributed by atoms with van der Waals surface area (Å²) >= 11 is 0. The van der Waals surface area contributed by atoms with Gasteiger partial charge in [-0.05, 0) is 25.0 Å². The first-order valence-corrected chi connectivity index (χ1v) is 6.14. The summed E-state index contributed by atoms with van der Waals surface area (Å²) in [6.45, 7) is 8.35. The highest BCUT2D eigenvalue weighted by atomic mass is 16.2. The molecule has 0 saturated carbocycles. The van der Waals surface area contributed by atoms with E-state index in [2.05, 4.69) is 37.4 Å². The van der Waals surface area contributed by atoms with Gasteiger partial charge in [0.2, 0.25) is 5.91 Å². The Kier molecular flexibility index (Phi) is 3.48. The predicted molar refractivity (Wildman–Crippen MR) is 68.9 cm³/mol. The Bertz CT molecular complexity index is 428. The second kappa shape index (κ2) is 4.88. The number of benzene rings is 1. The number of carbonyl (C=O) groups is 1. The van der Waals surface area contributed by atoms with Gasteiger partial charge in [-0.3, -0.25) is 4.79 Å². The summed E-state index contributed by atoms with van der Waals surface area (Å²) in [5.74, 6) is 0.168. The third-order valence-corrected chi connectivity index (χ3v) is 3.42. The van der Waals surface area contributed by atoms with Gasteiger partial charge in [0.15, 0.2) is 0 Å². The summed E-state index contributed by atoms with van der Waals surface area (Å²) in [5, 5.41) is 3.49. The van der Waals surface area contributed by atoms with Crippen molar-refractivity contribution in [1.82, 2.24) is 10.2 Å². The Hall–Kier alpha value is -1.35. The Morgan fingerprint density at radius 3 is 2.82 bits per heavy atom. The first kappa shape index (κ1) is 12.1. The van der Waals surface area contributed by atoms with E-state index in [1.807, 2.05) is 4.90 Å². The van der Waals surface area contributed by atoms with Crippen LogP contribution in [0.15, 0.2) is 18.2 Å². The number of piperazine rings is 1. The molecule has 1 N–H and O–H groups in total. The highest BCUT2D eigenvalue weighted by Gasteiger charge is 2.23. The van der Waals surface area contributed by atoms with Gasteiger partial charge in [-0.2, -0.15) is 0 Å². The van der Waals surface area contributed by atoms with Crippen molar-refractivity contribution in [2.45, 2.75) is 26.8 Å². The molecule has 1 unspecified atom stereocenters. The van der Waals surface area contributed by atoms with Gasteiger partial charge in [-0.25, -0.2) is 0 Å². The van der Waals surface area contributed by atoms with Gasteiger partial charge in [0.05, 0.1) is 6.04 Å². The number of aryl methyl sites for hydroxylation is 2. The molecule has 1 saturated heterocycles. The molecular weight excluding hydrogens is 212 g/mol. The average molecular weight is 232 g/mol. The van der Waals surface area contributed by atoms with Gasteiger partial charge in [0, 0.05) is 26.6 Å². The third-order valence-electron chi connectivity index (χ3n) is 3.42. The minimum absolute atomic E-state index is 0.168. The average Bonchev–Trinajstić information content (AvgIpc) is 2.29. The zero-order valence-corrected chi connectivity index (χ0v) is 10.8. The van der Waals surface area contributed by atoms with Crippen LogP contribution in [-0.4, -0.2) is 30.4 Å². The molecule has 1 aromatic carbocycles. The number of nitrogens with zero attached hydrogens (tertiary/aromatic N) is 1. The number of carbonyl (C=O) groups excluding carboxylic acids is 1. The van der Waals surface area contributed by atoms with Crippen LogP contribution in [0.1, 0.15) is 29.7 Å². The van der Waals surface area contributed by atoms with Crippen LogP contribution < -0.4 is 5.32 Å². The lowest BCUT2D eigenvalue weighted by Gasteiger charge is -2.34. The topological polar surface area (TPSA) is 32.3 Å². The zero-order valence-electron chi connectivity index (χ0n) is 10.8. The van der Waals surface area contributed by atoms with E-state index in [-0.39, 0.29) is 11.9 Å². The highest BCUT2D eigenvalue weighted by molar-refractivity contribution is 5.73. The number of rotatable bonds is 1. The fraction of sp³-hybridized carbons (Fsp3) is 0.500. The fourth-order valence-corrected chi connectivity index (χ4v) is 2.46. The van der Waals surface area contributed by atoms with Crippen LogP contribution in [0.2, 0.25) is 0 Å². The lowest BCUT2D eigenvalue weighted by molar-refractivity contribution is -0.130. The third kappa shape index (κ3) is 2.67. The van der Waals surface area contributed by atoms with Gasteiger partial charge in [-0.1, -0.05) is 23.8 Å². The van der Waals surface area contributed by atoms with Crippen molar-refractivity contribution in [1.29, 1.82) is 0 Å². The van der Waals surface area contributed by atoms with Gasteiger partial charge in [0.25, 0.3) is 0 Å². The summed E-state index contributed by atoms with van der Waals surface area (Å²) in [6, 6.07) is 6.78. The molecule has 0 bridgehead atoms. The van der Waals surface area contributed by atoms with Gasteiger partial charge < -0.3 is 10.2 Å². The minimum Gasteiger partial charge on any atom is -0.340 e. The molecule has 0 aliphatic carbocycles. The largest absolute Gasteiger partial charge is 0.340 e. The molecule has 17 heavy (non-hydrogen) atoms. The van der Waals surface area contributed by atoms with Gasteiger partial charge in [0.1, 0.15) is 0 Å². The molecule has 1 amide bonds. The molecule has 1 atom stereocenters. The second-order valence-corrected chi connectivity index (χ2v) is 4.83. The van der Waals surface area contributed by atoms with Crippen LogP contribution in [0.5, 0.6) is 0 Å². The van der Waals surface area contributed by atoms with Crippen molar-refractivity contribution in [3.63, 3.8) is 0 Å². The molecule has 1 aliphatic heterocycles. The zero-order chi connectivity index (χ0) is 12.4. The van der Waals surface area contributed by atoms with E-state index in [9.17, 15) is 4.79 Å². The number of nitrogens with one attached hydrogen (secondary N) is 1. The molecule has 0 spiro atoms. The van der Waals surface area contributed by atoms with Gasteiger partial charge in [-0.15, -0.1) is 0 Å². The van der Waals surface area contributed by atoms with E-state index in [4.69, 9.17) is 0 Å². The molecule has 2 rings (SSSR count). The molecule has 1 fully saturated rings. The van der Waals surface area contributed by atoms with E-state index < -0.39 is 0 Å². The Morgan fingerprint density at radius 1 is 1.41 bits per heavy atom. The normalized spacial score (nSPS) is 20.4. The summed E-state index contributed by atoms with van der Waals surface area (Å²) in [5.41, 5.74) is 3.89. The SMILES string of the molecule is CC(=O)N1CCNC(c2ccc(C)cc2C)C1. The van der Waals surface area contributed by atoms with E-state index in [0.717, 1.165) is 19.6 Å². The van der Waals surface area contributed by atoms with E-state index in [1.165, 1.54) is 16.7 Å². The number of amides is 1. The Balaban J connectivity index is 2.19.